The molecular weight excluding hydrogens is 230 g/mol. The van der Waals surface area contributed by atoms with Crippen molar-refractivity contribution in [2.75, 3.05) is 11.1 Å². The Bertz CT molecular complexity index is 552. The maximum atomic E-state index is 10.7. The van der Waals surface area contributed by atoms with Gasteiger partial charge in [0.25, 0.3) is 0 Å². The van der Waals surface area contributed by atoms with Crippen molar-refractivity contribution in [3.8, 4) is 0 Å². The van der Waals surface area contributed by atoms with Crippen molar-refractivity contribution in [3.05, 3.63) is 53.7 Å². The molecule has 0 saturated carbocycles. The number of rotatable bonds is 4. The minimum atomic E-state index is -0.927. The van der Waals surface area contributed by atoms with Crippen molar-refractivity contribution in [1.29, 1.82) is 0 Å². The van der Waals surface area contributed by atoms with E-state index in [1.54, 1.807) is 42.6 Å². The normalized spacial score (nSPS) is 10.0. The number of carboxylic acid groups (broad SMARTS) is 1. The predicted molar refractivity (Wildman–Crippen MR) is 69.4 cm³/mol. The second-order valence-corrected chi connectivity index (χ2v) is 3.80. The van der Waals surface area contributed by atoms with Crippen LogP contribution in [0, 0.1) is 0 Å². The van der Waals surface area contributed by atoms with Gasteiger partial charge in [0.2, 0.25) is 0 Å². The number of nitrogens with two attached hydrogens (primary N) is 1. The fourth-order valence-electron chi connectivity index (χ4n) is 1.52. The van der Waals surface area contributed by atoms with Gasteiger partial charge in [-0.25, -0.2) is 9.78 Å². The lowest BCUT2D eigenvalue weighted by Crippen LogP contribution is -2.04. The molecule has 0 saturated heterocycles. The summed E-state index contributed by atoms with van der Waals surface area (Å²) in [4.78, 5) is 14.8. The highest BCUT2D eigenvalue weighted by atomic mass is 16.4. The molecule has 5 nitrogen and oxygen atoms in total. The average Bonchev–Trinajstić information content (AvgIpc) is 2.38. The van der Waals surface area contributed by atoms with E-state index in [1.807, 2.05) is 0 Å². The first-order chi connectivity index (χ1) is 8.66. The smallest absolute Gasteiger partial charge is 0.335 e. The molecule has 1 heterocycles. The quantitative estimate of drug-likeness (QED) is 0.764. The van der Waals surface area contributed by atoms with Gasteiger partial charge in [-0.15, -0.1) is 0 Å². The van der Waals surface area contributed by atoms with Crippen LogP contribution in [0.5, 0.6) is 0 Å². The summed E-state index contributed by atoms with van der Waals surface area (Å²) >= 11 is 0. The van der Waals surface area contributed by atoms with Crippen LogP contribution in [-0.4, -0.2) is 16.1 Å². The molecule has 1 aromatic heterocycles. The zero-order chi connectivity index (χ0) is 13.0. The molecule has 18 heavy (non-hydrogen) atoms. The van der Waals surface area contributed by atoms with E-state index < -0.39 is 5.97 Å². The zero-order valence-electron chi connectivity index (χ0n) is 9.63. The highest BCUT2D eigenvalue weighted by molar-refractivity contribution is 5.87. The molecule has 4 N–H and O–H groups in total. The highest BCUT2D eigenvalue weighted by Gasteiger charge is 2.02. The Hall–Kier alpha value is -2.56. The molecule has 0 spiro atoms. The summed E-state index contributed by atoms with van der Waals surface area (Å²) in [6, 6.07) is 10.2. The van der Waals surface area contributed by atoms with Crippen molar-refractivity contribution in [1.82, 2.24) is 4.98 Å². The Morgan fingerprint density at radius 2 is 2.00 bits per heavy atom. The van der Waals surface area contributed by atoms with Gasteiger partial charge >= 0.3 is 5.97 Å². The third-order valence-electron chi connectivity index (χ3n) is 2.50. The van der Waals surface area contributed by atoms with E-state index in [-0.39, 0.29) is 5.56 Å². The Balaban J connectivity index is 2.02. The standard InChI is InChI=1S/C13H13N3O2/c14-11-2-1-7-15-12(11)16-8-9-3-5-10(6-4-9)13(17)18/h1-7H,8,14H2,(H,15,16)(H,17,18). The van der Waals surface area contributed by atoms with E-state index >= 15 is 0 Å². The van der Waals surface area contributed by atoms with Crippen LogP contribution in [0.4, 0.5) is 11.5 Å². The molecule has 1 aromatic carbocycles. The number of hydrogen-bond donors (Lipinski definition) is 3. The van der Waals surface area contributed by atoms with Gasteiger partial charge in [-0.05, 0) is 29.8 Å². The monoisotopic (exact) mass is 243 g/mol. The number of nitrogen functional groups attached to an aromatic ring is 1. The van der Waals surface area contributed by atoms with E-state index in [0.717, 1.165) is 5.56 Å². The Morgan fingerprint density at radius 1 is 1.28 bits per heavy atom. The van der Waals surface area contributed by atoms with Gasteiger partial charge in [0.05, 0.1) is 11.3 Å². The van der Waals surface area contributed by atoms with Crippen LogP contribution in [-0.2, 0) is 6.54 Å². The third kappa shape index (κ3) is 2.76. The second kappa shape index (κ2) is 5.18. The maximum absolute atomic E-state index is 10.7. The molecule has 0 amide bonds. The van der Waals surface area contributed by atoms with Crippen LogP contribution in [0.2, 0.25) is 0 Å². The van der Waals surface area contributed by atoms with Crippen molar-refractivity contribution < 1.29 is 9.90 Å². The van der Waals surface area contributed by atoms with E-state index in [4.69, 9.17) is 10.8 Å². The number of pyridine rings is 1. The summed E-state index contributed by atoms with van der Waals surface area (Å²) in [7, 11) is 0. The SMILES string of the molecule is Nc1cccnc1NCc1ccc(C(=O)O)cc1. The summed E-state index contributed by atoms with van der Waals surface area (Å²) in [6.45, 7) is 0.543. The molecule has 0 atom stereocenters. The highest BCUT2D eigenvalue weighted by Crippen LogP contribution is 2.14. The summed E-state index contributed by atoms with van der Waals surface area (Å²) in [5.41, 5.74) is 7.57. The Kier molecular flexibility index (Phi) is 3.43. The molecule has 92 valence electrons. The number of carbonyl (C=O) groups is 1. The predicted octanol–water partition coefficient (Wildman–Crippen LogP) is 1.97. The minimum Gasteiger partial charge on any atom is -0.478 e. The van der Waals surface area contributed by atoms with Crippen molar-refractivity contribution in [3.63, 3.8) is 0 Å². The topological polar surface area (TPSA) is 88.2 Å². The fraction of sp³-hybridized carbons (Fsp3) is 0.0769. The largest absolute Gasteiger partial charge is 0.478 e. The van der Waals surface area contributed by atoms with Gasteiger partial charge in [-0.2, -0.15) is 0 Å². The number of nitrogens with one attached hydrogen (secondary N) is 1. The van der Waals surface area contributed by atoms with Crippen LogP contribution < -0.4 is 11.1 Å². The van der Waals surface area contributed by atoms with Crippen LogP contribution in [0.15, 0.2) is 42.6 Å². The maximum Gasteiger partial charge on any atom is 0.335 e. The number of carboxylic acids is 1. The Labute approximate surface area is 104 Å². The number of aromatic carboxylic acids is 1. The number of aromatic nitrogens is 1. The lowest BCUT2D eigenvalue weighted by atomic mass is 10.1. The fourth-order valence-corrected chi connectivity index (χ4v) is 1.52. The summed E-state index contributed by atoms with van der Waals surface area (Å²) < 4.78 is 0. The molecule has 2 aromatic rings. The van der Waals surface area contributed by atoms with E-state index in [1.165, 1.54) is 0 Å². The van der Waals surface area contributed by atoms with Crippen LogP contribution in [0.25, 0.3) is 0 Å². The van der Waals surface area contributed by atoms with Gasteiger partial charge < -0.3 is 16.2 Å². The third-order valence-corrected chi connectivity index (χ3v) is 2.50. The van der Waals surface area contributed by atoms with Crippen molar-refractivity contribution >= 4 is 17.5 Å². The van der Waals surface area contributed by atoms with E-state index in [9.17, 15) is 4.79 Å². The van der Waals surface area contributed by atoms with Gasteiger partial charge in [-0.1, -0.05) is 12.1 Å². The molecule has 0 fully saturated rings. The minimum absolute atomic E-state index is 0.274. The van der Waals surface area contributed by atoms with Crippen molar-refractivity contribution in [2.24, 2.45) is 0 Å². The Morgan fingerprint density at radius 3 is 2.61 bits per heavy atom. The molecule has 0 aliphatic heterocycles. The van der Waals surface area contributed by atoms with Gasteiger partial charge in [0, 0.05) is 12.7 Å². The van der Waals surface area contributed by atoms with Crippen molar-refractivity contribution in [2.45, 2.75) is 6.54 Å². The molecule has 0 unspecified atom stereocenters. The molecule has 2 rings (SSSR count). The molecular formula is C13H13N3O2. The van der Waals surface area contributed by atoms with Crippen LogP contribution in [0.1, 0.15) is 15.9 Å². The lowest BCUT2D eigenvalue weighted by molar-refractivity contribution is 0.0697. The lowest BCUT2D eigenvalue weighted by Gasteiger charge is -2.07. The summed E-state index contributed by atoms with van der Waals surface area (Å²) in [5.74, 6) is -0.303. The molecule has 0 aliphatic rings. The first-order valence-corrected chi connectivity index (χ1v) is 5.43. The summed E-state index contributed by atoms with van der Waals surface area (Å²) in [6.07, 6.45) is 1.66. The average molecular weight is 243 g/mol. The number of hydrogen-bond acceptors (Lipinski definition) is 4. The first kappa shape index (κ1) is 11.9. The number of nitrogens with zero attached hydrogens (tertiary/aromatic N) is 1. The van der Waals surface area contributed by atoms with Crippen LogP contribution in [0.3, 0.4) is 0 Å². The van der Waals surface area contributed by atoms with Gasteiger partial charge in [0.1, 0.15) is 5.82 Å². The second-order valence-electron chi connectivity index (χ2n) is 3.80. The van der Waals surface area contributed by atoms with Crippen LogP contribution >= 0.6 is 0 Å². The number of benzene rings is 1. The number of anilines is 2. The van der Waals surface area contributed by atoms with E-state index in [0.29, 0.717) is 18.1 Å². The summed E-state index contributed by atoms with van der Waals surface area (Å²) in [5, 5.41) is 11.9. The first-order valence-electron chi connectivity index (χ1n) is 5.43. The molecule has 0 bridgehead atoms. The van der Waals surface area contributed by atoms with Gasteiger partial charge in [0.15, 0.2) is 0 Å². The zero-order valence-corrected chi connectivity index (χ0v) is 9.63. The molecule has 0 radical (unpaired) electrons. The van der Waals surface area contributed by atoms with Gasteiger partial charge in [-0.3, -0.25) is 0 Å². The molecule has 0 aliphatic carbocycles. The van der Waals surface area contributed by atoms with E-state index in [2.05, 4.69) is 10.3 Å². The molecule has 5 heteroatoms.